The lowest BCUT2D eigenvalue weighted by Crippen LogP contribution is -2.39. The van der Waals surface area contributed by atoms with Gasteiger partial charge in [-0.25, -0.2) is 18.4 Å². The zero-order valence-electron chi connectivity index (χ0n) is 14.1. The molecule has 138 valence electrons. The Bertz CT molecular complexity index is 899. The van der Waals surface area contributed by atoms with Gasteiger partial charge in [-0.05, 0) is 36.2 Å². The van der Waals surface area contributed by atoms with Crippen molar-refractivity contribution in [3.8, 4) is 0 Å². The minimum atomic E-state index is -3.58. The van der Waals surface area contributed by atoms with Crippen LogP contribution in [-0.2, 0) is 27.7 Å². The number of benzene rings is 1. The number of anilines is 1. The predicted octanol–water partition coefficient (Wildman–Crippen LogP) is 1.71. The summed E-state index contributed by atoms with van der Waals surface area (Å²) in [7, 11) is -3.58. The fourth-order valence-corrected chi connectivity index (χ4v) is 4.67. The number of ether oxygens (including phenoxy) is 1. The van der Waals surface area contributed by atoms with E-state index < -0.39 is 10.0 Å². The van der Waals surface area contributed by atoms with Gasteiger partial charge in [0.2, 0.25) is 16.0 Å². The highest BCUT2D eigenvalue weighted by Gasteiger charge is 2.30. The Morgan fingerprint density at radius 3 is 2.54 bits per heavy atom. The molecule has 3 heterocycles. The number of hydrogen-bond donors (Lipinski definition) is 0. The fourth-order valence-electron chi connectivity index (χ4n) is 3.15. The summed E-state index contributed by atoms with van der Waals surface area (Å²) in [5, 5.41) is 0.510. The molecule has 1 aromatic heterocycles. The third-order valence-electron chi connectivity index (χ3n) is 4.64. The molecule has 1 aromatic carbocycles. The summed E-state index contributed by atoms with van der Waals surface area (Å²) in [6.45, 7) is 3.45. The number of halogens is 1. The van der Waals surface area contributed by atoms with Crippen LogP contribution in [0.4, 0.5) is 5.95 Å². The fraction of sp³-hybridized carbons (Fsp3) is 0.412. The number of rotatable bonds is 3. The molecule has 0 saturated carbocycles. The van der Waals surface area contributed by atoms with Gasteiger partial charge in [-0.15, -0.1) is 0 Å². The summed E-state index contributed by atoms with van der Waals surface area (Å²) in [6, 6.07) is 6.24. The Kier molecular flexibility index (Phi) is 4.83. The van der Waals surface area contributed by atoms with E-state index in [2.05, 4.69) is 14.9 Å². The smallest absolute Gasteiger partial charge is 0.243 e. The van der Waals surface area contributed by atoms with Crippen molar-refractivity contribution in [3.05, 3.63) is 46.7 Å². The molecule has 9 heteroatoms. The molecule has 0 atom stereocenters. The van der Waals surface area contributed by atoms with E-state index in [9.17, 15) is 8.42 Å². The van der Waals surface area contributed by atoms with Gasteiger partial charge in [0.25, 0.3) is 0 Å². The summed E-state index contributed by atoms with van der Waals surface area (Å²) in [4.78, 5) is 11.4. The molecule has 0 radical (unpaired) electrons. The molecule has 4 rings (SSSR count). The molecule has 0 N–H and O–H groups in total. The Hall–Kier alpha value is -1.74. The number of sulfonamides is 1. The van der Waals surface area contributed by atoms with Crippen LogP contribution in [0.1, 0.15) is 11.3 Å². The zero-order valence-corrected chi connectivity index (χ0v) is 15.7. The molecule has 7 nitrogen and oxygen atoms in total. The van der Waals surface area contributed by atoms with Crippen LogP contribution in [-0.4, -0.2) is 55.5 Å². The molecule has 2 aliphatic heterocycles. The average Bonchev–Trinajstić information content (AvgIpc) is 2.68. The Labute approximate surface area is 157 Å². The third kappa shape index (κ3) is 3.42. The van der Waals surface area contributed by atoms with Crippen LogP contribution >= 0.6 is 11.6 Å². The predicted molar refractivity (Wildman–Crippen MR) is 97.8 cm³/mol. The number of aromatic nitrogens is 2. The standard InChI is InChI=1S/C17H19ClN4O3S/c18-14-1-3-15(4-2-14)26(23,24)22-6-5-13-11-19-17(20-16(13)12-22)21-7-9-25-10-8-21/h1-4,11H,5-10,12H2. The lowest BCUT2D eigenvalue weighted by atomic mass is 10.1. The third-order valence-corrected chi connectivity index (χ3v) is 6.75. The molecule has 0 spiro atoms. The van der Waals surface area contributed by atoms with Crippen LogP contribution in [0, 0.1) is 0 Å². The van der Waals surface area contributed by atoms with Crippen LogP contribution in [0.25, 0.3) is 0 Å². The van der Waals surface area contributed by atoms with E-state index >= 15 is 0 Å². The highest BCUT2D eigenvalue weighted by molar-refractivity contribution is 7.89. The molecular formula is C17H19ClN4O3S. The minimum Gasteiger partial charge on any atom is -0.378 e. The normalized spacial score (nSPS) is 18.6. The topological polar surface area (TPSA) is 75.6 Å². The van der Waals surface area contributed by atoms with Crippen molar-refractivity contribution in [1.29, 1.82) is 0 Å². The summed E-state index contributed by atoms with van der Waals surface area (Å²) >= 11 is 5.87. The maximum atomic E-state index is 12.9. The second-order valence-electron chi connectivity index (χ2n) is 6.28. The average molecular weight is 395 g/mol. The monoisotopic (exact) mass is 394 g/mol. The summed E-state index contributed by atoms with van der Waals surface area (Å²) in [6.07, 6.45) is 2.42. The maximum absolute atomic E-state index is 12.9. The first-order valence-corrected chi connectivity index (χ1v) is 10.3. The molecule has 2 aliphatic rings. The number of hydrogen-bond acceptors (Lipinski definition) is 6. The molecule has 0 aliphatic carbocycles. The van der Waals surface area contributed by atoms with Crippen molar-refractivity contribution < 1.29 is 13.2 Å². The highest BCUT2D eigenvalue weighted by Crippen LogP contribution is 2.25. The molecule has 1 saturated heterocycles. The lowest BCUT2D eigenvalue weighted by Gasteiger charge is -2.30. The second-order valence-corrected chi connectivity index (χ2v) is 8.66. The molecule has 0 bridgehead atoms. The Morgan fingerprint density at radius 1 is 1.08 bits per heavy atom. The number of nitrogens with zero attached hydrogens (tertiary/aromatic N) is 4. The van der Waals surface area contributed by atoms with Crippen LogP contribution in [0.15, 0.2) is 35.4 Å². The summed E-state index contributed by atoms with van der Waals surface area (Å²) < 4.78 is 32.6. The highest BCUT2D eigenvalue weighted by atomic mass is 35.5. The molecule has 2 aromatic rings. The largest absolute Gasteiger partial charge is 0.378 e. The van der Waals surface area contributed by atoms with Gasteiger partial charge in [-0.2, -0.15) is 4.31 Å². The molecule has 0 unspecified atom stereocenters. The van der Waals surface area contributed by atoms with Crippen molar-refractivity contribution in [2.24, 2.45) is 0 Å². The van der Waals surface area contributed by atoms with E-state index in [1.807, 2.05) is 6.20 Å². The van der Waals surface area contributed by atoms with Gasteiger partial charge in [0.1, 0.15) is 0 Å². The Morgan fingerprint density at radius 2 is 1.81 bits per heavy atom. The van der Waals surface area contributed by atoms with Gasteiger partial charge in [0, 0.05) is 30.9 Å². The van der Waals surface area contributed by atoms with Gasteiger partial charge in [-0.1, -0.05) is 11.6 Å². The van der Waals surface area contributed by atoms with E-state index in [0.29, 0.717) is 37.2 Å². The maximum Gasteiger partial charge on any atom is 0.243 e. The van der Waals surface area contributed by atoms with Crippen molar-refractivity contribution >= 4 is 27.6 Å². The lowest BCUT2D eigenvalue weighted by molar-refractivity contribution is 0.122. The van der Waals surface area contributed by atoms with Gasteiger partial charge in [0.05, 0.1) is 30.3 Å². The second kappa shape index (κ2) is 7.11. The van der Waals surface area contributed by atoms with E-state index in [1.165, 1.54) is 16.4 Å². The zero-order chi connectivity index (χ0) is 18.1. The molecular weight excluding hydrogens is 376 g/mol. The van der Waals surface area contributed by atoms with Crippen LogP contribution in [0.3, 0.4) is 0 Å². The SMILES string of the molecule is O=S(=O)(c1ccc(Cl)cc1)N1CCc2cnc(N3CCOCC3)nc2C1. The molecule has 26 heavy (non-hydrogen) atoms. The van der Waals surface area contributed by atoms with Crippen LogP contribution in [0.2, 0.25) is 5.02 Å². The quantitative estimate of drug-likeness (QED) is 0.789. The first-order valence-electron chi connectivity index (χ1n) is 8.47. The first-order chi connectivity index (χ1) is 12.5. The van der Waals surface area contributed by atoms with E-state index in [1.54, 1.807) is 12.1 Å². The molecule has 0 amide bonds. The van der Waals surface area contributed by atoms with Gasteiger partial charge >= 0.3 is 0 Å². The summed E-state index contributed by atoms with van der Waals surface area (Å²) in [5.41, 5.74) is 1.77. The van der Waals surface area contributed by atoms with Crippen molar-refractivity contribution in [1.82, 2.24) is 14.3 Å². The number of morpholine rings is 1. The summed E-state index contributed by atoms with van der Waals surface area (Å²) in [5.74, 6) is 0.637. The van der Waals surface area contributed by atoms with E-state index in [4.69, 9.17) is 16.3 Å². The van der Waals surface area contributed by atoms with Crippen molar-refractivity contribution in [2.45, 2.75) is 17.9 Å². The Balaban J connectivity index is 1.59. The molecule has 1 fully saturated rings. The van der Waals surface area contributed by atoms with E-state index in [-0.39, 0.29) is 11.4 Å². The van der Waals surface area contributed by atoms with Crippen molar-refractivity contribution in [3.63, 3.8) is 0 Å². The van der Waals surface area contributed by atoms with Crippen LogP contribution < -0.4 is 4.90 Å². The van der Waals surface area contributed by atoms with Crippen molar-refractivity contribution in [2.75, 3.05) is 37.7 Å². The van der Waals surface area contributed by atoms with Gasteiger partial charge < -0.3 is 9.64 Å². The van der Waals surface area contributed by atoms with Gasteiger partial charge in [0.15, 0.2) is 0 Å². The first kappa shape index (κ1) is 17.7. The number of fused-ring (bicyclic) bond motifs is 1. The van der Waals surface area contributed by atoms with Gasteiger partial charge in [-0.3, -0.25) is 0 Å². The minimum absolute atomic E-state index is 0.243. The van der Waals surface area contributed by atoms with Crippen LogP contribution in [0.5, 0.6) is 0 Å². The van der Waals surface area contributed by atoms with E-state index in [0.717, 1.165) is 24.3 Å².